The Kier molecular flexibility index (Phi) is 9.73. The van der Waals surface area contributed by atoms with E-state index < -0.39 is 0 Å². The third-order valence-corrected chi connectivity index (χ3v) is 13.9. The molecule has 13 nitrogen and oxygen atoms in total. The summed E-state index contributed by atoms with van der Waals surface area (Å²) >= 11 is 0. The van der Waals surface area contributed by atoms with Gasteiger partial charge < -0.3 is 9.97 Å². The number of hydrogen-bond donors (Lipinski definition) is 2. The van der Waals surface area contributed by atoms with Crippen LogP contribution in [0.4, 0.5) is 17.1 Å². The number of nitro benzene ring substituents is 3. The van der Waals surface area contributed by atoms with E-state index in [4.69, 9.17) is 9.97 Å². The Hall–Kier alpha value is -10.4. The van der Waals surface area contributed by atoms with E-state index in [1.807, 2.05) is 103 Å². The largest absolute Gasteiger partial charge is 0.354 e. The molecule has 346 valence electrons. The van der Waals surface area contributed by atoms with Crippen molar-refractivity contribution in [2.24, 2.45) is 0 Å². The first-order valence-electron chi connectivity index (χ1n) is 23.3. The zero-order valence-corrected chi connectivity index (χ0v) is 38.2. The van der Waals surface area contributed by atoms with Crippen LogP contribution >= 0.6 is 0 Å². The fourth-order valence-electron chi connectivity index (χ4n) is 10.8. The van der Waals surface area contributed by atoms with Crippen molar-refractivity contribution in [3.05, 3.63) is 229 Å². The zero-order chi connectivity index (χ0) is 49.5. The van der Waals surface area contributed by atoms with Crippen molar-refractivity contribution in [1.82, 2.24) is 19.9 Å². The predicted octanol–water partition coefficient (Wildman–Crippen LogP) is 15.7. The summed E-state index contributed by atoms with van der Waals surface area (Å²) in [6, 6.07) is 53.9. The first kappa shape index (κ1) is 42.7. The Morgan fingerprint density at radius 2 is 0.589 bits per heavy atom. The number of nitrogens with one attached hydrogen (secondary N) is 2. The van der Waals surface area contributed by atoms with Gasteiger partial charge in [-0.1, -0.05) is 97.1 Å². The molecule has 11 aromatic rings. The average Bonchev–Trinajstić information content (AvgIpc) is 4.27. The van der Waals surface area contributed by atoms with Crippen molar-refractivity contribution in [3.8, 4) is 44.5 Å². The van der Waals surface area contributed by atoms with E-state index in [-0.39, 0.29) is 31.8 Å². The Morgan fingerprint density at radius 1 is 0.301 bits per heavy atom. The molecule has 0 saturated carbocycles. The topological polar surface area (TPSA) is 187 Å². The highest BCUT2D eigenvalue weighted by molar-refractivity contribution is 6.12. The summed E-state index contributed by atoms with van der Waals surface area (Å²) in [7, 11) is 0. The Bertz CT molecular complexity index is 4410. The summed E-state index contributed by atoms with van der Waals surface area (Å²) < 4.78 is 0. The van der Waals surface area contributed by atoms with E-state index in [0.717, 1.165) is 27.4 Å². The third-order valence-electron chi connectivity index (χ3n) is 13.9. The predicted molar refractivity (Wildman–Crippen MR) is 291 cm³/mol. The monoisotopic (exact) mass is 949 g/mol. The van der Waals surface area contributed by atoms with Crippen LogP contribution in [0.3, 0.4) is 0 Å². The zero-order valence-electron chi connectivity index (χ0n) is 38.2. The molecule has 0 radical (unpaired) electrons. The minimum Gasteiger partial charge on any atom is -0.354 e. The summed E-state index contributed by atoms with van der Waals surface area (Å²) in [5.74, 6) is 0. The quantitative estimate of drug-likeness (QED) is 0.117. The molecule has 2 N–H and O–H groups in total. The van der Waals surface area contributed by atoms with E-state index >= 15 is 0 Å². The van der Waals surface area contributed by atoms with Crippen molar-refractivity contribution in [2.45, 2.75) is 0 Å². The highest BCUT2D eigenvalue weighted by Gasteiger charge is 2.25. The first-order chi connectivity index (χ1) is 35.7. The van der Waals surface area contributed by atoms with Crippen molar-refractivity contribution in [3.63, 3.8) is 0 Å². The molecule has 0 amide bonds. The highest BCUT2D eigenvalue weighted by Crippen LogP contribution is 2.45. The lowest BCUT2D eigenvalue weighted by molar-refractivity contribution is -0.383. The Labute approximate surface area is 413 Å². The molecular weight excluding hydrogens is 915 g/mol. The molecule has 3 aromatic heterocycles. The maximum Gasteiger partial charge on any atom is 0.277 e. The summed E-state index contributed by atoms with van der Waals surface area (Å²) in [5.41, 5.74) is 10.8. The van der Waals surface area contributed by atoms with Gasteiger partial charge in [0.25, 0.3) is 17.1 Å². The van der Waals surface area contributed by atoms with Crippen molar-refractivity contribution >= 4 is 107 Å². The molecule has 13 rings (SSSR count). The van der Waals surface area contributed by atoms with Gasteiger partial charge in [-0.05, 0) is 134 Å². The second-order valence-electron chi connectivity index (χ2n) is 17.8. The van der Waals surface area contributed by atoms with E-state index in [1.54, 1.807) is 54.6 Å². The van der Waals surface area contributed by atoms with Gasteiger partial charge in [-0.2, -0.15) is 0 Å². The molecule has 13 heteroatoms. The molecule has 0 aliphatic carbocycles. The second-order valence-corrected chi connectivity index (χ2v) is 17.8. The maximum absolute atomic E-state index is 12.5. The number of rotatable bonds is 7. The van der Waals surface area contributed by atoms with Crippen molar-refractivity contribution < 1.29 is 14.8 Å². The number of hydrogen-bond acceptors (Lipinski definition) is 8. The molecular formula is C60H35N7O6. The maximum atomic E-state index is 12.5. The average molecular weight is 950 g/mol. The van der Waals surface area contributed by atoms with Gasteiger partial charge in [-0.15, -0.1) is 0 Å². The van der Waals surface area contributed by atoms with Crippen LogP contribution in [0.25, 0.3) is 134 Å². The van der Waals surface area contributed by atoms with Crippen LogP contribution in [0.1, 0.15) is 22.8 Å². The Balaban J connectivity index is 1.24. The first-order valence-corrected chi connectivity index (χ1v) is 23.3. The van der Waals surface area contributed by atoms with Crippen molar-refractivity contribution in [2.75, 3.05) is 0 Å². The lowest BCUT2D eigenvalue weighted by atomic mass is 9.96. The third kappa shape index (κ3) is 6.86. The smallest absolute Gasteiger partial charge is 0.277 e. The van der Waals surface area contributed by atoms with Gasteiger partial charge >= 0.3 is 0 Å². The van der Waals surface area contributed by atoms with Crippen molar-refractivity contribution in [1.29, 1.82) is 0 Å². The number of aromatic nitrogens is 4. The molecule has 8 aromatic carbocycles. The summed E-state index contributed by atoms with van der Waals surface area (Å²) in [6.07, 6.45) is 7.80. The number of non-ortho nitro benzene ring substituents is 3. The molecule has 8 bridgehead atoms. The molecule has 0 atom stereocenters. The molecule has 73 heavy (non-hydrogen) atoms. The number of fused-ring (bicyclic) bond motifs is 12. The normalized spacial score (nSPS) is 12.1. The van der Waals surface area contributed by atoms with Crippen LogP contribution in [-0.4, -0.2) is 34.7 Å². The van der Waals surface area contributed by atoms with E-state index in [2.05, 4.69) is 34.2 Å². The standard InChI is InChI=1S/C60H35N7O6/c68-65(69)54-31-20-43(36-13-3-6-16-39(36)54)58-48-25-23-46(61-48)57(42-19-9-11-34-10-1-2-12-35(34)42)47-24-26-49(62-47)59(44-21-32-55(66(70)71)40-17-7-4-14-37(40)44)51-28-30-53(64-51)60(52-29-27-50(58)63-52)45-22-33-56(67(72)73)41-18-8-5-15-38(41)45/h1-33,61,64H. The van der Waals surface area contributed by atoms with Crippen LogP contribution in [0.5, 0.6) is 0 Å². The molecule has 5 heterocycles. The lowest BCUT2D eigenvalue weighted by Gasteiger charge is -2.11. The number of aromatic amines is 2. The fourth-order valence-corrected chi connectivity index (χ4v) is 10.8. The van der Waals surface area contributed by atoms with Gasteiger partial charge in [0.15, 0.2) is 0 Å². The van der Waals surface area contributed by atoms with Crippen LogP contribution in [-0.2, 0) is 0 Å². The lowest BCUT2D eigenvalue weighted by Crippen LogP contribution is -1.94. The number of H-pyrrole nitrogens is 2. The van der Waals surface area contributed by atoms with E-state index in [1.165, 1.54) is 18.2 Å². The minimum absolute atomic E-state index is 0.0257. The molecule has 0 fully saturated rings. The molecule has 2 aliphatic heterocycles. The summed E-state index contributed by atoms with van der Waals surface area (Å²) in [4.78, 5) is 54.7. The van der Waals surface area contributed by atoms with E-state index in [0.29, 0.717) is 105 Å². The van der Waals surface area contributed by atoms with Gasteiger partial charge in [0.2, 0.25) is 0 Å². The van der Waals surface area contributed by atoms with Crippen LogP contribution in [0, 0.1) is 30.3 Å². The SMILES string of the molecule is O=[N+]([O-])c1ccc(-c2c3nc(c(-c4ccc([N+](=O)[O-])c5ccccc45)c4ccc([nH]4)c(-c4ccc([N+](=O)[O-])c5ccccc45)c4nc(c(-c5cccc6ccccc56)c5ccc2[nH]5)C=C4)C=C3)c2ccccc12. The molecule has 2 aliphatic rings. The number of nitro groups is 3. The summed E-state index contributed by atoms with van der Waals surface area (Å²) in [6.45, 7) is 0. The van der Waals surface area contributed by atoms with Gasteiger partial charge in [-0.25, -0.2) is 9.97 Å². The number of benzene rings is 8. The fraction of sp³-hybridized carbons (Fsp3) is 0. The van der Waals surface area contributed by atoms with Crippen LogP contribution in [0.2, 0.25) is 0 Å². The highest BCUT2D eigenvalue weighted by atomic mass is 16.6. The molecule has 0 unspecified atom stereocenters. The second kappa shape index (κ2) is 16.6. The Morgan fingerprint density at radius 3 is 0.932 bits per heavy atom. The van der Waals surface area contributed by atoms with Crippen LogP contribution < -0.4 is 0 Å². The van der Waals surface area contributed by atoms with Crippen LogP contribution in [0.15, 0.2) is 176 Å². The summed E-state index contributed by atoms with van der Waals surface area (Å²) in [5, 5.41) is 42.8. The molecule has 0 spiro atoms. The minimum atomic E-state index is -0.387. The van der Waals surface area contributed by atoms with Gasteiger partial charge in [-0.3, -0.25) is 30.3 Å². The van der Waals surface area contributed by atoms with Gasteiger partial charge in [0, 0.05) is 62.5 Å². The van der Waals surface area contributed by atoms with E-state index in [9.17, 15) is 30.3 Å². The van der Waals surface area contributed by atoms with Gasteiger partial charge in [0.05, 0.1) is 53.7 Å². The molecule has 0 saturated heterocycles. The van der Waals surface area contributed by atoms with Gasteiger partial charge in [0.1, 0.15) is 0 Å². The number of nitrogens with zero attached hydrogens (tertiary/aromatic N) is 5.